The lowest BCUT2D eigenvalue weighted by atomic mass is 9.96. The van der Waals surface area contributed by atoms with Crippen molar-refractivity contribution in [3.63, 3.8) is 0 Å². The van der Waals surface area contributed by atoms with Crippen LogP contribution in [0.2, 0.25) is 0 Å². The van der Waals surface area contributed by atoms with Crippen molar-refractivity contribution >= 4 is 28.0 Å². The Morgan fingerprint density at radius 2 is 1.89 bits per heavy atom. The van der Waals surface area contributed by atoms with Gasteiger partial charge in [-0.3, -0.25) is 0 Å². The second kappa shape index (κ2) is 3.70. The van der Waals surface area contributed by atoms with Gasteiger partial charge < -0.3 is 9.82 Å². The number of hydrogen-bond donors (Lipinski definition) is 1. The van der Waals surface area contributed by atoms with E-state index in [1.807, 2.05) is 18.2 Å². The molecule has 18 heavy (non-hydrogen) atoms. The third-order valence-corrected chi connectivity index (χ3v) is 3.55. The van der Waals surface area contributed by atoms with E-state index in [0.717, 1.165) is 40.9 Å². The summed E-state index contributed by atoms with van der Waals surface area (Å²) in [6, 6.07) is 8.11. The van der Waals surface area contributed by atoms with Crippen LogP contribution >= 0.6 is 0 Å². The number of oxime groups is 1. The molecule has 4 rings (SSSR count). The van der Waals surface area contributed by atoms with Crippen molar-refractivity contribution in [3.8, 4) is 5.88 Å². The number of nitrogens with one attached hydrogen (secondary N) is 1. The van der Waals surface area contributed by atoms with Crippen LogP contribution in [-0.4, -0.2) is 16.4 Å². The molecule has 1 fully saturated rings. The van der Waals surface area contributed by atoms with E-state index in [2.05, 4.69) is 16.2 Å². The largest absolute Gasteiger partial charge is 0.336 e. The van der Waals surface area contributed by atoms with E-state index in [-0.39, 0.29) is 0 Å². The number of aromatic amines is 1. The second-order valence-electron chi connectivity index (χ2n) is 4.74. The van der Waals surface area contributed by atoms with Crippen molar-refractivity contribution in [2.75, 3.05) is 0 Å². The Labute approximate surface area is 104 Å². The van der Waals surface area contributed by atoms with Gasteiger partial charge in [-0.05, 0) is 31.7 Å². The molecule has 0 radical (unpaired) electrons. The number of fused-ring (bicyclic) bond motifs is 4. The van der Waals surface area contributed by atoms with Crippen LogP contribution < -0.4 is 4.84 Å². The molecule has 2 aromatic rings. The lowest BCUT2D eigenvalue weighted by Crippen LogP contribution is -2.18. The normalized spacial score (nSPS) is 18.2. The Morgan fingerprint density at radius 1 is 1.06 bits per heavy atom. The third-order valence-electron chi connectivity index (χ3n) is 3.55. The van der Waals surface area contributed by atoms with Crippen LogP contribution in [-0.2, 0) is 0 Å². The summed E-state index contributed by atoms with van der Waals surface area (Å²) in [5.41, 5.74) is 4.03. The molecular formula is C14H13N3O. The molecule has 2 heterocycles. The van der Waals surface area contributed by atoms with Crippen LogP contribution in [0.5, 0.6) is 5.88 Å². The summed E-state index contributed by atoms with van der Waals surface area (Å²) in [4.78, 5) is 13.5. The van der Waals surface area contributed by atoms with Gasteiger partial charge in [-0.25, -0.2) is 4.99 Å². The van der Waals surface area contributed by atoms with E-state index in [0.29, 0.717) is 5.88 Å². The van der Waals surface area contributed by atoms with Crippen molar-refractivity contribution in [2.24, 2.45) is 10.1 Å². The Kier molecular flexibility index (Phi) is 2.03. The van der Waals surface area contributed by atoms with Crippen LogP contribution in [0.1, 0.15) is 25.7 Å². The number of aliphatic imine (C=N–C) groups is 1. The van der Waals surface area contributed by atoms with E-state index in [1.165, 1.54) is 12.8 Å². The summed E-state index contributed by atoms with van der Waals surface area (Å²) in [7, 11) is 0. The average Bonchev–Trinajstić information content (AvgIpc) is 2.65. The summed E-state index contributed by atoms with van der Waals surface area (Å²) < 4.78 is 0. The van der Waals surface area contributed by atoms with E-state index in [1.54, 1.807) is 0 Å². The lowest BCUT2D eigenvalue weighted by Gasteiger charge is -2.12. The zero-order chi connectivity index (χ0) is 11.9. The van der Waals surface area contributed by atoms with Crippen LogP contribution in [0.4, 0.5) is 5.69 Å². The first-order valence-electron chi connectivity index (χ1n) is 6.34. The highest BCUT2D eigenvalue weighted by Crippen LogP contribution is 2.38. The van der Waals surface area contributed by atoms with Gasteiger partial charge in [0.15, 0.2) is 0 Å². The molecule has 0 atom stereocenters. The first kappa shape index (κ1) is 9.88. The molecule has 4 heteroatoms. The zero-order valence-corrected chi connectivity index (χ0v) is 9.94. The standard InChI is InChI=1S/C14H13N3O/c1-2-6-10-9(5-1)13-14(16-10)18-17-12-8-4-3-7-11(12)15-13/h1-2,5-6,16H,3-4,7-8H2. The molecule has 1 aliphatic carbocycles. The van der Waals surface area contributed by atoms with Gasteiger partial charge in [-0.2, -0.15) is 0 Å². The third kappa shape index (κ3) is 1.38. The van der Waals surface area contributed by atoms with E-state index < -0.39 is 0 Å². The summed E-state index contributed by atoms with van der Waals surface area (Å²) in [5.74, 6) is 0.658. The van der Waals surface area contributed by atoms with Gasteiger partial charge in [0.2, 0.25) is 0 Å². The fourth-order valence-corrected chi connectivity index (χ4v) is 2.61. The van der Waals surface area contributed by atoms with Gasteiger partial charge in [0, 0.05) is 5.39 Å². The van der Waals surface area contributed by atoms with Gasteiger partial charge in [0.25, 0.3) is 5.88 Å². The molecule has 1 aromatic carbocycles. The minimum absolute atomic E-state index is 0.658. The van der Waals surface area contributed by atoms with E-state index >= 15 is 0 Å². The predicted octanol–water partition coefficient (Wildman–Crippen LogP) is 3.56. The highest BCUT2D eigenvalue weighted by atomic mass is 16.6. The Bertz CT molecular complexity index is 681. The lowest BCUT2D eigenvalue weighted by molar-refractivity contribution is 0.332. The molecule has 0 bridgehead atoms. The smallest absolute Gasteiger partial charge is 0.253 e. The van der Waals surface area contributed by atoms with Gasteiger partial charge in [-0.15, -0.1) is 0 Å². The fraction of sp³-hybridized carbons (Fsp3) is 0.286. The maximum Gasteiger partial charge on any atom is 0.253 e. The fourth-order valence-electron chi connectivity index (χ4n) is 2.61. The minimum Gasteiger partial charge on any atom is -0.336 e. The molecule has 0 saturated heterocycles. The quantitative estimate of drug-likeness (QED) is 0.750. The number of para-hydroxylation sites is 1. The van der Waals surface area contributed by atoms with Crippen LogP contribution in [0, 0.1) is 0 Å². The highest BCUT2D eigenvalue weighted by Gasteiger charge is 2.22. The van der Waals surface area contributed by atoms with E-state index in [4.69, 9.17) is 9.83 Å². The Hall–Kier alpha value is -2.10. The molecule has 1 N–H and O–H groups in total. The number of H-pyrrole nitrogens is 1. The van der Waals surface area contributed by atoms with Crippen molar-refractivity contribution in [1.29, 1.82) is 0 Å². The molecule has 90 valence electrons. The topological polar surface area (TPSA) is 49.7 Å². The van der Waals surface area contributed by atoms with Crippen molar-refractivity contribution in [2.45, 2.75) is 25.7 Å². The van der Waals surface area contributed by atoms with Gasteiger partial charge >= 0.3 is 0 Å². The molecule has 1 aliphatic heterocycles. The summed E-state index contributed by atoms with van der Waals surface area (Å²) in [6.45, 7) is 0. The number of aromatic nitrogens is 1. The van der Waals surface area contributed by atoms with Gasteiger partial charge in [0.05, 0.1) is 11.2 Å². The minimum atomic E-state index is 0.658. The van der Waals surface area contributed by atoms with Crippen LogP contribution in [0.15, 0.2) is 34.4 Å². The molecule has 2 aliphatic rings. The van der Waals surface area contributed by atoms with Crippen molar-refractivity contribution in [3.05, 3.63) is 24.3 Å². The molecule has 4 nitrogen and oxygen atoms in total. The maximum atomic E-state index is 5.52. The molecular weight excluding hydrogens is 226 g/mol. The number of rotatable bonds is 0. The summed E-state index contributed by atoms with van der Waals surface area (Å²) in [5, 5.41) is 5.34. The molecule has 0 unspecified atom stereocenters. The highest BCUT2D eigenvalue weighted by molar-refractivity contribution is 6.43. The maximum absolute atomic E-state index is 5.52. The van der Waals surface area contributed by atoms with Crippen molar-refractivity contribution in [1.82, 2.24) is 4.98 Å². The number of hydrogen-bond acceptors (Lipinski definition) is 3. The van der Waals surface area contributed by atoms with E-state index in [9.17, 15) is 0 Å². The number of benzene rings is 1. The molecule has 0 spiro atoms. The predicted molar refractivity (Wildman–Crippen MR) is 71.9 cm³/mol. The number of nitrogens with zero attached hydrogens (tertiary/aromatic N) is 2. The Balaban J connectivity index is 1.94. The molecule has 1 saturated carbocycles. The van der Waals surface area contributed by atoms with Crippen LogP contribution in [0.25, 0.3) is 10.9 Å². The summed E-state index contributed by atoms with van der Waals surface area (Å²) >= 11 is 0. The van der Waals surface area contributed by atoms with Gasteiger partial charge in [0.1, 0.15) is 11.4 Å². The van der Waals surface area contributed by atoms with Gasteiger partial charge in [-0.1, -0.05) is 23.4 Å². The monoisotopic (exact) mass is 239 g/mol. The average molecular weight is 239 g/mol. The molecule has 1 aromatic heterocycles. The van der Waals surface area contributed by atoms with Crippen molar-refractivity contribution < 1.29 is 4.84 Å². The summed E-state index contributed by atoms with van der Waals surface area (Å²) in [6.07, 6.45) is 4.34. The molecule has 0 amide bonds. The first-order valence-corrected chi connectivity index (χ1v) is 6.34. The Morgan fingerprint density at radius 3 is 2.83 bits per heavy atom. The second-order valence-corrected chi connectivity index (χ2v) is 4.74. The SMILES string of the molecule is c1ccc2c3c([nH]c2c1)ON=C1CCCCC1=N3. The first-order chi connectivity index (χ1) is 8.92. The zero-order valence-electron chi connectivity index (χ0n) is 9.94. The van der Waals surface area contributed by atoms with Crippen LogP contribution in [0.3, 0.4) is 0 Å².